The van der Waals surface area contributed by atoms with E-state index in [2.05, 4.69) is 16.5 Å². The van der Waals surface area contributed by atoms with Crippen LogP contribution in [0.25, 0.3) is 17.5 Å². The van der Waals surface area contributed by atoms with Crippen LogP contribution in [-0.2, 0) is 6.54 Å². The van der Waals surface area contributed by atoms with Gasteiger partial charge in [-0.1, -0.05) is 29.8 Å². The number of halogens is 2. The quantitative estimate of drug-likeness (QED) is 0.678. The summed E-state index contributed by atoms with van der Waals surface area (Å²) in [5, 5.41) is 1.33. The lowest BCUT2D eigenvalue weighted by atomic mass is 10.2. The van der Waals surface area contributed by atoms with Crippen molar-refractivity contribution in [3.05, 3.63) is 76.8 Å². The molecule has 0 radical (unpaired) electrons. The molecular formula is C17H13Cl2N3. The molecule has 0 amide bonds. The van der Waals surface area contributed by atoms with Gasteiger partial charge in [0.2, 0.25) is 0 Å². The van der Waals surface area contributed by atoms with E-state index in [1.54, 1.807) is 30.6 Å². The van der Waals surface area contributed by atoms with Gasteiger partial charge in [0, 0.05) is 34.2 Å². The summed E-state index contributed by atoms with van der Waals surface area (Å²) < 4.78 is 2.02. The second-order valence-electron chi connectivity index (χ2n) is 4.80. The summed E-state index contributed by atoms with van der Waals surface area (Å²) in [6.07, 6.45) is 7.17. The summed E-state index contributed by atoms with van der Waals surface area (Å²) in [7, 11) is 0. The summed E-state index contributed by atoms with van der Waals surface area (Å²) in [5.74, 6) is 0.819. The van der Waals surface area contributed by atoms with Crippen LogP contribution in [0.15, 0.2) is 55.5 Å². The van der Waals surface area contributed by atoms with E-state index in [9.17, 15) is 0 Å². The summed E-state index contributed by atoms with van der Waals surface area (Å²) in [6.45, 7) is 4.35. The number of pyridine rings is 1. The molecule has 0 saturated carbocycles. The third kappa shape index (κ3) is 3.06. The second kappa shape index (κ2) is 6.34. The standard InChI is InChI=1S/C17H13Cl2N3/c1-2-15-11-22(10-13-8-14(18)5-6-16(13)19)17(21-15)12-4-3-7-20-9-12/h2-9,11H,1,10H2. The Morgan fingerprint density at radius 3 is 2.82 bits per heavy atom. The molecule has 0 aliphatic heterocycles. The van der Waals surface area contributed by atoms with Crippen LogP contribution >= 0.6 is 23.2 Å². The van der Waals surface area contributed by atoms with Crippen molar-refractivity contribution < 1.29 is 0 Å². The van der Waals surface area contributed by atoms with E-state index in [4.69, 9.17) is 23.2 Å². The van der Waals surface area contributed by atoms with Crippen LogP contribution in [0.3, 0.4) is 0 Å². The van der Waals surface area contributed by atoms with Gasteiger partial charge in [-0.05, 0) is 42.0 Å². The molecule has 110 valence electrons. The van der Waals surface area contributed by atoms with Gasteiger partial charge in [0.15, 0.2) is 0 Å². The Kier molecular flexibility index (Phi) is 4.27. The fraction of sp³-hybridized carbons (Fsp3) is 0.0588. The summed E-state index contributed by atoms with van der Waals surface area (Å²) in [4.78, 5) is 8.73. The molecule has 2 aromatic heterocycles. The van der Waals surface area contributed by atoms with Crippen molar-refractivity contribution in [1.29, 1.82) is 0 Å². The molecule has 0 unspecified atom stereocenters. The smallest absolute Gasteiger partial charge is 0.142 e. The molecular weight excluding hydrogens is 317 g/mol. The lowest BCUT2D eigenvalue weighted by molar-refractivity contribution is 0.806. The number of hydrogen-bond acceptors (Lipinski definition) is 2. The minimum atomic E-state index is 0.574. The van der Waals surface area contributed by atoms with E-state index in [1.807, 2.05) is 29.0 Å². The number of hydrogen-bond donors (Lipinski definition) is 0. The fourth-order valence-electron chi connectivity index (χ4n) is 2.23. The van der Waals surface area contributed by atoms with Crippen LogP contribution in [0.5, 0.6) is 0 Å². The number of nitrogens with zero attached hydrogens (tertiary/aromatic N) is 3. The van der Waals surface area contributed by atoms with Crippen molar-refractivity contribution in [2.75, 3.05) is 0 Å². The van der Waals surface area contributed by atoms with Gasteiger partial charge in [0.05, 0.1) is 12.2 Å². The van der Waals surface area contributed by atoms with Crippen LogP contribution in [-0.4, -0.2) is 14.5 Å². The average molecular weight is 330 g/mol. The Morgan fingerprint density at radius 1 is 1.23 bits per heavy atom. The first kappa shape index (κ1) is 14.8. The third-order valence-electron chi connectivity index (χ3n) is 3.27. The molecule has 2 heterocycles. The Hall–Kier alpha value is -2.10. The zero-order valence-electron chi connectivity index (χ0n) is 11.7. The number of aromatic nitrogens is 3. The molecule has 1 aromatic carbocycles. The summed E-state index contributed by atoms with van der Waals surface area (Å²) >= 11 is 12.3. The predicted molar refractivity (Wildman–Crippen MR) is 91.1 cm³/mol. The van der Waals surface area contributed by atoms with Gasteiger partial charge in [-0.15, -0.1) is 0 Å². The third-order valence-corrected chi connectivity index (χ3v) is 3.88. The topological polar surface area (TPSA) is 30.7 Å². The molecule has 5 heteroatoms. The Bertz CT molecular complexity index is 810. The Labute approximate surface area is 138 Å². The van der Waals surface area contributed by atoms with E-state index in [-0.39, 0.29) is 0 Å². The van der Waals surface area contributed by atoms with Crippen LogP contribution in [0, 0.1) is 0 Å². The molecule has 3 aromatic rings. The van der Waals surface area contributed by atoms with Crippen molar-refractivity contribution in [2.24, 2.45) is 0 Å². The Morgan fingerprint density at radius 2 is 2.09 bits per heavy atom. The second-order valence-corrected chi connectivity index (χ2v) is 5.64. The predicted octanol–water partition coefficient (Wildman–Crippen LogP) is 4.94. The van der Waals surface area contributed by atoms with Gasteiger partial charge in [-0.3, -0.25) is 4.98 Å². The zero-order chi connectivity index (χ0) is 15.5. The molecule has 3 rings (SSSR count). The monoisotopic (exact) mass is 329 g/mol. The van der Waals surface area contributed by atoms with Gasteiger partial charge in [-0.25, -0.2) is 4.98 Å². The van der Waals surface area contributed by atoms with Crippen molar-refractivity contribution in [1.82, 2.24) is 14.5 Å². The van der Waals surface area contributed by atoms with E-state index in [0.29, 0.717) is 16.6 Å². The van der Waals surface area contributed by atoms with Crippen molar-refractivity contribution >= 4 is 29.3 Å². The maximum Gasteiger partial charge on any atom is 0.142 e. The molecule has 0 saturated heterocycles. The molecule has 0 aliphatic carbocycles. The minimum absolute atomic E-state index is 0.574. The number of rotatable bonds is 4. The van der Waals surface area contributed by atoms with Gasteiger partial charge in [0.1, 0.15) is 5.82 Å². The van der Waals surface area contributed by atoms with Gasteiger partial charge in [-0.2, -0.15) is 0 Å². The van der Waals surface area contributed by atoms with Gasteiger partial charge >= 0.3 is 0 Å². The lowest BCUT2D eigenvalue weighted by Gasteiger charge is -2.09. The highest BCUT2D eigenvalue weighted by Crippen LogP contribution is 2.25. The maximum absolute atomic E-state index is 6.26. The maximum atomic E-state index is 6.26. The molecule has 0 N–H and O–H groups in total. The molecule has 0 atom stereocenters. The molecule has 0 aliphatic rings. The Balaban J connectivity index is 2.05. The molecule has 22 heavy (non-hydrogen) atoms. The highest BCUT2D eigenvalue weighted by Gasteiger charge is 2.11. The molecule has 0 spiro atoms. The number of imidazole rings is 1. The van der Waals surface area contributed by atoms with Gasteiger partial charge in [0.25, 0.3) is 0 Å². The molecule has 0 bridgehead atoms. The molecule has 0 fully saturated rings. The first-order valence-electron chi connectivity index (χ1n) is 6.71. The van der Waals surface area contributed by atoms with Crippen LogP contribution in [0.2, 0.25) is 10.0 Å². The van der Waals surface area contributed by atoms with Crippen LogP contribution < -0.4 is 0 Å². The highest BCUT2D eigenvalue weighted by molar-refractivity contribution is 6.33. The largest absolute Gasteiger partial charge is 0.326 e. The number of benzene rings is 1. The fourth-order valence-corrected chi connectivity index (χ4v) is 2.60. The normalized spacial score (nSPS) is 10.6. The summed E-state index contributed by atoms with van der Waals surface area (Å²) in [6, 6.07) is 9.30. The lowest BCUT2D eigenvalue weighted by Crippen LogP contribution is -2.02. The van der Waals surface area contributed by atoms with Crippen molar-refractivity contribution in [3.8, 4) is 11.4 Å². The zero-order valence-corrected chi connectivity index (χ0v) is 13.2. The van der Waals surface area contributed by atoms with Crippen molar-refractivity contribution in [3.63, 3.8) is 0 Å². The highest BCUT2D eigenvalue weighted by atomic mass is 35.5. The van der Waals surface area contributed by atoms with Gasteiger partial charge < -0.3 is 4.57 Å². The van der Waals surface area contributed by atoms with E-state index in [0.717, 1.165) is 22.6 Å². The SMILES string of the molecule is C=Cc1cn(Cc2cc(Cl)ccc2Cl)c(-c2cccnc2)n1. The van der Waals surface area contributed by atoms with Crippen LogP contribution in [0.4, 0.5) is 0 Å². The average Bonchev–Trinajstić information content (AvgIpc) is 2.95. The van der Waals surface area contributed by atoms with E-state index < -0.39 is 0 Å². The summed E-state index contributed by atoms with van der Waals surface area (Å²) in [5.41, 5.74) is 2.68. The van der Waals surface area contributed by atoms with E-state index >= 15 is 0 Å². The van der Waals surface area contributed by atoms with E-state index in [1.165, 1.54) is 0 Å². The van der Waals surface area contributed by atoms with Crippen LogP contribution in [0.1, 0.15) is 11.3 Å². The molecule has 3 nitrogen and oxygen atoms in total. The first-order chi connectivity index (χ1) is 10.7. The van der Waals surface area contributed by atoms with Crippen molar-refractivity contribution in [2.45, 2.75) is 6.54 Å². The minimum Gasteiger partial charge on any atom is -0.326 e. The first-order valence-corrected chi connectivity index (χ1v) is 7.47.